The van der Waals surface area contributed by atoms with Gasteiger partial charge >= 0.3 is 11.9 Å². The second-order valence-corrected chi connectivity index (χ2v) is 6.37. The number of esters is 2. The fourth-order valence-electron chi connectivity index (χ4n) is 2.12. The van der Waals surface area contributed by atoms with Crippen molar-refractivity contribution in [1.29, 1.82) is 5.26 Å². The number of nitriles is 1. The lowest BCUT2D eigenvalue weighted by atomic mass is 10.2. The normalized spacial score (nSPS) is 19.4. The zero-order valence-electron chi connectivity index (χ0n) is 12.4. The van der Waals surface area contributed by atoms with Gasteiger partial charge in [-0.15, -0.1) is 23.5 Å². The van der Waals surface area contributed by atoms with Crippen LogP contribution in [0.1, 0.15) is 13.8 Å². The zero-order chi connectivity index (χ0) is 16.1. The lowest BCUT2D eigenvalue weighted by molar-refractivity contribution is -0.138. The molecule has 0 spiro atoms. The van der Waals surface area contributed by atoms with E-state index in [0.717, 1.165) is 5.03 Å². The molecule has 1 saturated heterocycles. The van der Waals surface area contributed by atoms with Crippen LogP contribution in [-0.4, -0.2) is 48.1 Å². The van der Waals surface area contributed by atoms with Crippen LogP contribution in [0.5, 0.6) is 0 Å². The van der Waals surface area contributed by atoms with Crippen LogP contribution >= 0.6 is 23.5 Å². The Bertz CT molecular complexity index is 592. The molecule has 118 valence electrons. The Kier molecular flexibility index (Phi) is 5.80. The summed E-state index contributed by atoms with van der Waals surface area (Å²) in [6.45, 7) is 4.64. The van der Waals surface area contributed by atoms with Crippen LogP contribution in [0, 0.1) is 11.3 Å². The van der Waals surface area contributed by atoms with Gasteiger partial charge in [0, 0.05) is 18.1 Å². The van der Waals surface area contributed by atoms with E-state index in [1.54, 1.807) is 13.8 Å². The van der Waals surface area contributed by atoms with Gasteiger partial charge in [-0.3, -0.25) is 0 Å². The van der Waals surface area contributed by atoms with Crippen molar-refractivity contribution in [2.75, 3.05) is 31.3 Å². The number of nitrogens with zero attached hydrogens (tertiary/aromatic N) is 2. The molecule has 2 heterocycles. The van der Waals surface area contributed by atoms with Gasteiger partial charge in [-0.1, -0.05) is 0 Å². The van der Waals surface area contributed by atoms with Gasteiger partial charge in [-0.2, -0.15) is 5.26 Å². The van der Waals surface area contributed by atoms with Crippen molar-refractivity contribution in [3.8, 4) is 6.07 Å². The number of thioether (sulfide) groups is 2. The van der Waals surface area contributed by atoms with Crippen LogP contribution < -0.4 is 0 Å². The Morgan fingerprint density at radius 3 is 2.64 bits per heavy atom. The summed E-state index contributed by atoms with van der Waals surface area (Å²) in [5.74, 6) is 0.206. The fourth-order valence-corrected chi connectivity index (χ4v) is 4.51. The van der Waals surface area contributed by atoms with Crippen LogP contribution in [0.25, 0.3) is 0 Å². The third kappa shape index (κ3) is 3.25. The molecule has 22 heavy (non-hydrogen) atoms. The maximum Gasteiger partial charge on any atom is 0.350 e. The molecule has 0 amide bonds. The van der Waals surface area contributed by atoms with E-state index in [4.69, 9.17) is 9.47 Å². The molecule has 0 atom stereocenters. The van der Waals surface area contributed by atoms with Gasteiger partial charge in [0.05, 0.1) is 23.9 Å². The summed E-state index contributed by atoms with van der Waals surface area (Å²) in [5, 5.41) is 10.0. The number of carbonyl (C=O) groups excluding carboxylic acids is 2. The van der Waals surface area contributed by atoms with Gasteiger partial charge in [0.15, 0.2) is 5.57 Å². The third-order valence-electron chi connectivity index (χ3n) is 3.01. The molecule has 0 radical (unpaired) electrons. The van der Waals surface area contributed by atoms with E-state index in [2.05, 4.69) is 0 Å². The predicted octanol–water partition coefficient (Wildman–Crippen LogP) is 1.85. The molecule has 2 rings (SSSR count). The van der Waals surface area contributed by atoms with Crippen LogP contribution in [0.3, 0.4) is 0 Å². The second kappa shape index (κ2) is 7.61. The summed E-state index contributed by atoms with van der Waals surface area (Å²) in [5.41, 5.74) is 0.627. The Labute approximate surface area is 137 Å². The third-order valence-corrected chi connectivity index (χ3v) is 5.29. The standard InChI is InChI=1S/C14H16N2O4S2/c1-3-19-13(17)9(7-15)10-8-22-12-11(14(18)20-4-2)21-6-5-16(10)12/h3-6,8H2,1-2H3. The molecule has 8 heteroatoms. The average Bonchev–Trinajstić information content (AvgIpc) is 2.92. The van der Waals surface area contributed by atoms with Crippen LogP contribution in [0.15, 0.2) is 21.2 Å². The number of rotatable bonds is 4. The Hall–Kier alpha value is -1.59. The molecule has 0 aromatic rings. The average molecular weight is 340 g/mol. The quantitative estimate of drug-likeness (QED) is 0.436. The molecular formula is C14H16N2O4S2. The molecular weight excluding hydrogens is 324 g/mol. The second-order valence-electron chi connectivity index (χ2n) is 4.30. The van der Waals surface area contributed by atoms with Crippen LogP contribution in [-0.2, 0) is 19.1 Å². The molecule has 0 aliphatic carbocycles. The van der Waals surface area contributed by atoms with Gasteiger partial charge in [0.1, 0.15) is 11.0 Å². The van der Waals surface area contributed by atoms with E-state index in [1.807, 2.05) is 11.0 Å². The number of hydrogen-bond donors (Lipinski definition) is 0. The van der Waals surface area contributed by atoms with Crippen LogP contribution in [0.2, 0.25) is 0 Å². The predicted molar refractivity (Wildman–Crippen MR) is 84.6 cm³/mol. The first-order valence-corrected chi connectivity index (χ1v) is 8.86. The highest BCUT2D eigenvalue weighted by Gasteiger charge is 2.36. The molecule has 0 aromatic heterocycles. The van der Waals surface area contributed by atoms with Crippen molar-refractivity contribution < 1.29 is 19.1 Å². The lowest BCUT2D eigenvalue weighted by Gasteiger charge is -2.27. The van der Waals surface area contributed by atoms with Gasteiger partial charge < -0.3 is 14.4 Å². The van der Waals surface area contributed by atoms with E-state index in [9.17, 15) is 14.9 Å². The highest BCUT2D eigenvalue weighted by atomic mass is 32.2. The smallest absolute Gasteiger partial charge is 0.350 e. The van der Waals surface area contributed by atoms with Crippen molar-refractivity contribution in [3.63, 3.8) is 0 Å². The van der Waals surface area contributed by atoms with Gasteiger partial charge in [-0.25, -0.2) is 9.59 Å². The Morgan fingerprint density at radius 2 is 2.00 bits per heavy atom. The molecule has 2 aliphatic rings. The number of carbonyl (C=O) groups is 2. The largest absolute Gasteiger partial charge is 0.462 e. The number of hydrogen-bond acceptors (Lipinski definition) is 8. The van der Waals surface area contributed by atoms with Gasteiger partial charge in [0.2, 0.25) is 0 Å². The van der Waals surface area contributed by atoms with Crippen molar-refractivity contribution in [3.05, 3.63) is 21.2 Å². The maximum atomic E-state index is 12.0. The van der Waals surface area contributed by atoms with E-state index in [1.165, 1.54) is 23.5 Å². The van der Waals surface area contributed by atoms with Crippen molar-refractivity contribution in [2.24, 2.45) is 0 Å². The monoisotopic (exact) mass is 340 g/mol. The SMILES string of the molecule is CCOC(=O)C(C#N)=C1CSC2=C(C(=O)OCC)SCCN12. The first-order chi connectivity index (χ1) is 10.6. The maximum absolute atomic E-state index is 12.0. The topological polar surface area (TPSA) is 79.6 Å². The summed E-state index contributed by atoms with van der Waals surface area (Å²) in [6.07, 6.45) is 0. The van der Waals surface area contributed by atoms with E-state index >= 15 is 0 Å². The molecule has 0 bridgehead atoms. The molecule has 6 nitrogen and oxygen atoms in total. The van der Waals surface area contributed by atoms with Gasteiger partial charge in [0.25, 0.3) is 0 Å². The Balaban J connectivity index is 2.37. The first-order valence-electron chi connectivity index (χ1n) is 6.88. The molecule has 0 N–H and O–H groups in total. The summed E-state index contributed by atoms with van der Waals surface area (Å²) in [7, 11) is 0. The minimum atomic E-state index is -0.613. The lowest BCUT2D eigenvalue weighted by Crippen LogP contribution is -2.28. The van der Waals surface area contributed by atoms with Crippen LogP contribution in [0.4, 0.5) is 0 Å². The highest BCUT2D eigenvalue weighted by Crippen LogP contribution is 2.44. The van der Waals surface area contributed by atoms with Crippen molar-refractivity contribution in [2.45, 2.75) is 13.8 Å². The molecule has 1 fully saturated rings. The summed E-state index contributed by atoms with van der Waals surface area (Å²) in [4.78, 5) is 26.3. The summed E-state index contributed by atoms with van der Waals surface area (Å²) < 4.78 is 10.00. The first kappa shape index (κ1) is 16.8. The van der Waals surface area contributed by atoms with E-state index in [-0.39, 0.29) is 18.1 Å². The van der Waals surface area contributed by atoms with Crippen molar-refractivity contribution >= 4 is 35.5 Å². The van der Waals surface area contributed by atoms with E-state index < -0.39 is 5.97 Å². The van der Waals surface area contributed by atoms with E-state index in [0.29, 0.717) is 35.3 Å². The minimum absolute atomic E-state index is 0.0134. The summed E-state index contributed by atoms with van der Waals surface area (Å²) >= 11 is 2.89. The number of fused-ring (bicyclic) bond motifs is 1. The minimum Gasteiger partial charge on any atom is -0.462 e. The fraction of sp³-hybridized carbons (Fsp3) is 0.500. The molecule has 0 aromatic carbocycles. The Morgan fingerprint density at radius 1 is 1.27 bits per heavy atom. The zero-order valence-corrected chi connectivity index (χ0v) is 14.0. The van der Waals surface area contributed by atoms with Crippen molar-refractivity contribution in [1.82, 2.24) is 4.90 Å². The molecule has 0 saturated carbocycles. The molecule has 2 aliphatic heterocycles. The summed E-state index contributed by atoms with van der Waals surface area (Å²) in [6, 6.07) is 1.94. The molecule has 0 unspecified atom stereocenters. The highest BCUT2D eigenvalue weighted by molar-refractivity contribution is 8.07. The number of ether oxygens (including phenoxy) is 2. The van der Waals surface area contributed by atoms with Gasteiger partial charge in [-0.05, 0) is 13.8 Å².